The van der Waals surface area contributed by atoms with E-state index in [1.165, 1.54) is 11.0 Å². The van der Waals surface area contributed by atoms with E-state index in [1.807, 2.05) is 76.2 Å². The van der Waals surface area contributed by atoms with Crippen molar-refractivity contribution in [2.75, 3.05) is 6.61 Å². The Bertz CT molecular complexity index is 1170. The molecule has 6 heteroatoms. The predicted molar refractivity (Wildman–Crippen MR) is 140 cm³/mol. The van der Waals surface area contributed by atoms with E-state index in [0.717, 1.165) is 23.1 Å². The monoisotopic (exact) mass is 490 g/mol. The fraction of sp³-hybridized carbons (Fsp3) is 0.333. The molecule has 0 fully saturated rings. The van der Waals surface area contributed by atoms with Crippen LogP contribution < -0.4 is 10.1 Å². The lowest BCUT2D eigenvalue weighted by molar-refractivity contribution is -0.143. The highest BCUT2D eigenvalue weighted by Crippen LogP contribution is 2.21. The molecule has 0 bridgehead atoms. The molecule has 2 amide bonds. The fourth-order valence-corrected chi connectivity index (χ4v) is 3.89. The van der Waals surface area contributed by atoms with Crippen molar-refractivity contribution in [3.05, 3.63) is 101 Å². The van der Waals surface area contributed by atoms with Crippen molar-refractivity contribution in [3.8, 4) is 5.75 Å². The van der Waals surface area contributed by atoms with Gasteiger partial charge in [0.2, 0.25) is 5.91 Å². The normalized spacial score (nSPS) is 12.5. The molecule has 0 aliphatic rings. The van der Waals surface area contributed by atoms with E-state index >= 15 is 0 Å². The summed E-state index contributed by atoms with van der Waals surface area (Å²) in [5.74, 6) is -0.478. The highest BCUT2D eigenvalue weighted by molar-refractivity contribution is 5.88. The summed E-state index contributed by atoms with van der Waals surface area (Å²) in [4.78, 5) is 28.5. The number of benzene rings is 3. The zero-order valence-electron chi connectivity index (χ0n) is 21.5. The molecule has 0 aliphatic heterocycles. The Morgan fingerprint density at radius 2 is 1.69 bits per heavy atom. The molecule has 3 aromatic rings. The number of aryl methyl sites for hydroxylation is 2. The third kappa shape index (κ3) is 7.41. The fourth-order valence-electron chi connectivity index (χ4n) is 3.89. The van der Waals surface area contributed by atoms with Gasteiger partial charge in [-0.05, 0) is 56.0 Å². The molecular weight excluding hydrogens is 455 g/mol. The zero-order valence-corrected chi connectivity index (χ0v) is 21.5. The Balaban J connectivity index is 1.94. The van der Waals surface area contributed by atoms with Crippen LogP contribution in [0.3, 0.4) is 0 Å². The smallest absolute Gasteiger partial charge is 0.261 e. The number of amides is 2. The number of nitrogens with one attached hydrogen (secondary N) is 1. The molecule has 0 radical (unpaired) electrons. The molecule has 3 aromatic carbocycles. The first kappa shape index (κ1) is 26.9. The maximum absolute atomic E-state index is 14.6. The summed E-state index contributed by atoms with van der Waals surface area (Å²) >= 11 is 0. The SMILES string of the molecule is CC[C@H](C)NC(=O)[C@@H](Cc1ccccc1)N(Cc1ccccc1F)C(=O)COc1cc(C)ccc1C. The van der Waals surface area contributed by atoms with Crippen molar-refractivity contribution in [3.63, 3.8) is 0 Å². The standard InChI is InChI=1S/C30H35FN2O3/c1-5-23(4)32-30(35)27(18-24-11-7-6-8-12-24)33(19-25-13-9-10-14-26(25)31)29(34)20-36-28-17-21(2)15-16-22(28)3/h6-17,23,27H,5,18-20H2,1-4H3,(H,32,35)/t23-,27+/m0/s1. The average Bonchev–Trinajstić information content (AvgIpc) is 2.87. The van der Waals surface area contributed by atoms with E-state index in [9.17, 15) is 14.0 Å². The molecule has 0 aromatic heterocycles. The lowest BCUT2D eigenvalue weighted by atomic mass is 10.0. The lowest BCUT2D eigenvalue weighted by Gasteiger charge is -2.32. The summed E-state index contributed by atoms with van der Waals surface area (Å²) in [6.45, 7) is 7.46. The third-order valence-electron chi connectivity index (χ3n) is 6.27. The summed E-state index contributed by atoms with van der Waals surface area (Å²) in [5.41, 5.74) is 3.17. The maximum Gasteiger partial charge on any atom is 0.261 e. The van der Waals surface area contributed by atoms with Gasteiger partial charge in [0.05, 0.1) is 0 Å². The van der Waals surface area contributed by atoms with Crippen LogP contribution in [0.4, 0.5) is 4.39 Å². The van der Waals surface area contributed by atoms with Gasteiger partial charge in [-0.15, -0.1) is 0 Å². The second kappa shape index (κ2) is 12.9. The Morgan fingerprint density at radius 3 is 2.39 bits per heavy atom. The number of hydrogen-bond donors (Lipinski definition) is 1. The van der Waals surface area contributed by atoms with Gasteiger partial charge in [0.25, 0.3) is 5.91 Å². The van der Waals surface area contributed by atoms with Gasteiger partial charge >= 0.3 is 0 Å². The number of halogens is 1. The number of carbonyl (C=O) groups is 2. The van der Waals surface area contributed by atoms with Gasteiger partial charge in [0.15, 0.2) is 6.61 Å². The summed E-state index contributed by atoms with van der Waals surface area (Å²) < 4.78 is 20.5. The minimum atomic E-state index is -0.837. The van der Waals surface area contributed by atoms with Gasteiger partial charge in [0, 0.05) is 24.6 Å². The van der Waals surface area contributed by atoms with Crippen LogP contribution in [0.1, 0.15) is 42.5 Å². The minimum absolute atomic E-state index is 0.0485. The zero-order chi connectivity index (χ0) is 26.1. The van der Waals surface area contributed by atoms with Gasteiger partial charge in [-0.1, -0.05) is 67.6 Å². The first-order chi connectivity index (χ1) is 17.3. The molecule has 0 saturated carbocycles. The maximum atomic E-state index is 14.6. The quantitative estimate of drug-likeness (QED) is 0.393. The van der Waals surface area contributed by atoms with Crippen LogP contribution in [0.2, 0.25) is 0 Å². The van der Waals surface area contributed by atoms with Crippen LogP contribution in [0, 0.1) is 19.7 Å². The molecule has 2 atom stereocenters. The molecule has 36 heavy (non-hydrogen) atoms. The van der Waals surface area contributed by atoms with E-state index < -0.39 is 11.9 Å². The summed E-state index contributed by atoms with van der Waals surface area (Å²) in [7, 11) is 0. The number of rotatable bonds is 11. The van der Waals surface area contributed by atoms with Crippen molar-refractivity contribution in [1.82, 2.24) is 10.2 Å². The van der Waals surface area contributed by atoms with Gasteiger partial charge in [-0.25, -0.2) is 4.39 Å². The van der Waals surface area contributed by atoms with Crippen molar-refractivity contribution >= 4 is 11.8 Å². The Labute approximate surface area is 213 Å². The lowest BCUT2D eigenvalue weighted by Crippen LogP contribution is -2.53. The molecular formula is C30H35FN2O3. The number of ether oxygens (including phenoxy) is 1. The topological polar surface area (TPSA) is 58.6 Å². The first-order valence-corrected chi connectivity index (χ1v) is 12.4. The van der Waals surface area contributed by atoms with E-state index in [-0.39, 0.29) is 31.0 Å². The highest BCUT2D eigenvalue weighted by Gasteiger charge is 2.31. The van der Waals surface area contributed by atoms with Crippen LogP contribution in [0.15, 0.2) is 72.8 Å². The highest BCUT2D eigenvalue weighted by atomic mass is 19.1. The minimum Gasteiger partial charge on any atom is -0.483 e. The number of nitrogens with zero attached hydrogens (tertiary/aromatic N) is 1. The predicted octanol–water partition coefficient (Wildman–Crippen LogP) is 5.38. The van der Waals surface area contributed by atoms with Crippen molar-refractivity contribution in [1.29, 1.82) is 0 Å². The largest absolute Gasteiger partial charge is 0.483 e. The molecule has 0 heterocycles. The van der Waals surface area contributed by atoms with Gasteiger partial charge < -0.3 is 15.0 Å². The molecule has 5 nitrogen and oxygen atoms in total. The van der Waals surface area contributed by atoms with Crippen LogP contribution in [0.5, 0.6) is 5.75 Å². The van der Waals surface area contributed by atoms with Gasteiger partial charge in [0.1, 0.15) is 17.6 Å². The second-order valence-corrected chi connectivity index (χ2v) is 9.19. The molecule has 3 rings (SSSR count). The van der Waals surface area contributed by atoms with E-state index in [2.05, 4.69) is 5.32 Å². The molecule has 0 spiro atoms. The molecule has 1 N–H and O–H groups in total. The Morgan fingerprint density at radius 1 is 1.00 bits per heavy atom. The molecule has 0 unspecified atom stereocenters. The van der Waals surface area contributed by atoms with Crippen LogP contribution in [0.25, 0.3) is 0 Å². The summed E-state index contributed by atoms with van der Waals surface area (Å²) in [6.07, 6.45) is 1.05. The van der Waals surface area contributed by atoms with E-state index in [4.69, 9.17) is 4.74 Å². The first-order valence-electron chi connectivity index (χ1n) is 12.4. The van der Waals surface area contributed by atoms with E-state index in [1.54, 1.807) is 18.2 Å². The van der Waals surface area contributed by atoms with Gasteiger partial charge in [-0.3, -0.25) is 9.59 Å². The van der Waals surface area contributed by atoms with Crippen molar-refractivity contribution < 1.29 is 18.7 Å². The number of hydrogen-bond acceptors (Lipinski definition) is 3. The van der Waals surface area contributed by atoms with Crippen LogP contribution in [-0.2, 0) is 22.6 Å². The Hall–Kier alpha value is -3.67. The molecule has 190 valence electrons. The number of carbonyl (C=O) groups excluding carboxylic acids is 2. The third-order valence-corrected chi connectivity index (χ3v) is 6.27. The van der Waals surface area contributed by atoms with Crippen molar-refractivity contribution in [2.45, 2.75) is 59.2 Å². The van der Waals surface area contributed by atoms with Crippen LogP contribution >= 0.6 is 0 Å². The molecule has 0 saturated heterocycles. The summed E-state index contributed by atoms with van der Waals surface area (Å²) in [6, 6.07) is 20.7. The average molecular weight is 491 g/mol. The molecule has 0 aliphatic carbocycles. The summed E-state index contributed by atoms with van der Waals surface area (Å²) in [5, 5.41) is 3.01. The van der Waals surface area contributed by atoms with Gasteiger partial charge in [-0.2, -0.15) is 0 Å². The second-order valence-electron chi connectivity index (χ2n) is 9.19. The van der Waals surface area contributed by atoms with E-state index in [0.29, 0.717) is 17.7 Å². The van der Waals surface area contributed by atoms with Crippen molar-refractivity contribution in [2.24, 2.45) is 0 Å². The van der Waals surface area contributed by atoms with Crippen LogP contribution in [-0.4, -0.2) is 35.4 Å². The Kier molecular flexibility index (Phi) is 9.62.